The number of hydrogen-bond acceptors (Lipinski definition) is 3. The topological polar surface area (TPSA) is 3.24 Å². The van der Waals surface area contributed by atoms with E-state index in [9.17, 15) is 0 Å². The molecule has 0 saturated heterocycles. The summed E-state index contributed by atoms with van der Waals surface area (Å²) < 4.78 is 5.33. The van der Waals surface area contributed by atoms with E-state index in [0.717, 1.165) is 17.1 Å². The van der Waals surface area contributed by atoms with Crippen LogP contribution >= 0.6 is 22.7 Å². The Bertz CT molecular complexity index is 2830. The summed E-state index contributed by atoms with van der Waals surface area (Å²) in [5, 5.41) is 7.86. The Morgan fingerprint density at radius 1 is 0.367 bits per heavy atom. The monoisotopic (exact) mass is 659 g/mol. The van der Waals surface area contributed by atoms with Crippen LogP contribution in [0.3, 0.4) is 0 Å². The molecule has 10 aromatic rings. The summed E-state index contributed by atoms with van der Waals surface area (Å²) in [6.07, 6.45) is 0. The van der Waals surface area contributed by atoms with Gasteiger partial charge in [-0.05, 0) is 76.0 Å². The first-order valence-corrected chi connectivity index (χ1v) is 18.2. The van der Waals surface area contributed by atoms with Crippen molar-refractivity contribution in [3.63, 3.8) is 0 Å². The lowest BCUT2D eigenvalue weighted by Gasteiger charge is -2.28. The van der Waals surface area contributed by atoms with Crippen molar-refractivity contribution >= 4 is 90.9 Å². The van der Waals surface area contributed by atoms with Crippen molar-refractivity contribution in [2.75, 3.05) is 4.90 Å². The van der Waals surface area contributed by atoms with Crippen molar-refractivity contribution in [3.05, 3.63) is 176 Å². The van der Waals surface area contributed by atoms with Crippen LogP contribution in [0.1, 0.15) is 0 Å². The lowest BCUT2D eigenvalue weighted by atomic mass is 9.99. The third-order valence-corrected chi connectivity index (χ3v) is 12.0. The van der Waals surface area contributed by atoms with Crippen molar-refractivity contribution in [3.8, 4) is 22.3 Å². The Hall–Kier alpha value is -5.74. The summed E-state index contributed by atoms with van der Waals surface area (Å²) in [6, 6.07) is 64.3. The third-order valence-electron chi connectivity index (χ3n) is 9.67. The molecule has 0 amide bonds. The minimum absolute atomic E-state index is 1.12. The van der Waals surface area contributed by atoms with E-state index >= 15 is 0 Å². The molecule has 49 heavy (non-hydrogen) atoms. The molecule has 2 aromatic heterocycles. The van der Waals surface area contributed by atoms with Crippen molar-refractivity contribution in [2.45, 2.75) is 0 Å². The van der Waals surface area contributed by atoms with E-state index in [4.69, 9.17) is 0 Å². The molecule has 2 heterocycles. The second-order valence-corrected chi connectivity index (χ2v) is 14.6. The van der Waals surface area contributed by atoms with Crippen LogP contribution in [-0.4, -0.2) is 0 Å². The van der Waals surface area contributed by atoms with E-state index in [1.54, 1.807) is 0 Å². The van der Waals surface area contributed by atoms with Gasteiger partial charge in [0, 0.05) is 57.3 Å². The summed E-state index contributed by atoms with van der Waals surface area (Å²) in [6.45, 7) is 0. The van der Waals surface area contributed by atoms with Gasteiger partial charge in [-0.1, -0.05) is 127 Å². The molecule has 0 spiro atoms. The predicted octanol–water partition coefficient (Wildman–Crippen LogP) is 14.4. The molecule has 0 aliphatic heterocycles. The molecule has 0 N–H and O–H groups in total. The summed E-state index contributed by atoms with van der Waals surface area (Å²) in [5.74, 6) is 0. The van der Waals surface area contributed by atoms with Crippen LogP contribution in [-0.2, 0) is 0 Å². The normalized spacial score (nSPS) is 11.7. The number of benzene rings is 8. The molecule has 3 heteroatoms. The van der Waals surface area contributed by atoms with Gasteiger partial charge in [0.25, 0.3) is 0 Å². The van der Waals surface area contributed by atoms with E-state index < -0.39 is 0 Å². The van der Waals surface area contributed by atoms with Gasteiger partial charge in [-0.2, -0.15) is 0 Å². The number of hydrogen-bond donors (Lipinski definition) is 0. The van der Waals surface area contributed by atoms with Gasteiger partial charge in [-0.3, -0.25) is 0 Å². The Morgan fingerprint density at radius 2 is 1.02 bits per heavy atom. The predicted molar refractivity (Wildman–Crippen MR) is 215 cm³/mol. The van der Waals surface area contributed by atoms with Gasteiger partial charge in [0.2, 0.25) is 0 Å². The van der Waals surface area contributed by atoms with Gasteiger partial charge >= 0.3 is 0 Å². The molecule has 0 bridgehead atoms. The molecule has 0 saturated carbocycles. The van der Waals surface area contributed by atoms with Crippen LogP contribution in [0.15, 0.2) is 176 Å². The summed E-state index contributed by atoms with van der Waals surface area (Å²) >= 11 is 3.75. The highest BCUT2D eigenvalue weighted by Crippen LogP contribution is 2.45. The number of fused-ring (bicyclic) bond motifs is 8. The maximum atomic E-state index is 2.42. The molecular weight excluding hydrogens is 631 g/mol. The van der Waals surface area contributed by atoms with E-state index in [0.29, 0.717) is 0 Å². The zero-order chi connectivity index (χ0) is 32.3. The van der Waals surface area contributed by atoms with Gasteiger partial charge in [-0.15, -0.1) is 22.7 Å². The second kappa shape index (κ2) is 11.5. The second-order valence-electron chi connectivity index (χ2n) is 12.5. The summed E-state index contributed by atoms with van der Waals surface area (Å²) in [4.78, 5) is 2.42. The summed E-state index contributed by atoms with van der Waals surface area (Å²) in [7, 11) is 0. The highest BCUT2D eigenvalue weighted by molar-refractivity contribution is 7.26. The fourth-order valence-electron chi connectivity index (χ4n) is 7.40. The van der Waals surface area contributed by atoms with Gasteiger partial charge in [0.15, 0.2) is 0 Å². The van der Waals surface area contributed by atoms with Crippen LogP contribution < -0.4 is 4.90 Å². The maximum Gasteiger partial charge on any atom is 0.0540 e. The molecule has 0 radical (unpaired) electrons. The van der Waals surface area contributed by atoms with Crippen LogP contribution in [0.25, 0.3) is 73.4 Å². The van der Waals surface area contributed by atoms with Crippen LogP contribution in [0.2, 0.25) is 0 Å². The highest BCUT2D eigenvalue weighted by Gasteiger charge is 2.19. The molecule has 0 fully saturated rings. The maximum absolute atomic E-state index is 2.42. The molecule has 10 rings (SSSR count). The fraction of sp³-hybridized carbons (Fsp3) is 0. The molecule has 1 nitrogen and oxygen atoms in total. The van der Waals surface area contributed by atoms with E-state index in [-0.39, 0.29) is 0 Å². The molecule has 0 aliphatic carbocycles. The number of para-hydroxylation sites is 1. The Kier molecular flexibility index (Phi) is 6.61. The molecule has 0 atom stereocenters. The smallest absolute Gasteiger partial charge is 0.0540 e. The van der Waals surface area contributed by atoms with Crippen LogP contribution in [0.4, 0.5) is 17.1 Å². The van der Waals surface area contributed by atoms with Crippen molar-refractivity contribution in [1.29, 1.82) is 0 Å². The average molecular weight is 660 g/mol. The number of rotatable bonds is 5. The SMILES string of the molecule is c1ccc(-c2ccccc2N(c2ccc(-c3cccc4c3sc3ccccc34)cc2)c2ccc3c(ccc4sc5ccccc5c43)c2)cc1. The molecule has 0 aliphatic rings. The number of anilines is 3. The summed E-state index contributed by atoms with van der Waals surface area (Å²) in [5.41, 5.74) is 8.30. The Labute approximate surface area is 292 Å². The standard InChI is InChI=1S/C46H29NS2/c1-2-11-30(12-3-1)35-13-4-7-18-41(35)47(34-26-27-36-32(29-34)23-28-44-45(36)40-15-6-9-20-43(40)48-44)33-24-21-31(22-25-33)37-16-10-17-39-38-14-5-8-19-42(38)49-46(37)39/h1-29H. The highest BCUT2D eigenvalue weighted by atomic mass is 32.1. The lowest BCUT2D eigenvalue weighted by molar-refractivity contribution is 1.29. The van der Waals surface area contributed by atoms with Crippen LogP contribution in [0, 0.1) is 0 Å². The van der Waals surface area contributed by atoms with Gasteiger partial charge < -0.3 is 4.90 Å². The van der Waals surface area contributed by atoms with E-state index in [1.165, 1.54) is 73.4 Å². The third kappa shape index (κ3) is 4.66. The average Bonchev–Trinajstić information content (AvgIpc) is 3.75. The lowest BCUT2D eigenvalue weighted by Crippen LogP contribution is -2.11. The zero-order valence-corrected chi connectivity index (χ0v) is 28.1. The zero-order valence-electron chi connectivity index (χ0n) is 26.5. The number of thiophene rings is 2. The Balaban J connectivity index is 1.15. The molecule has 8 aromatic carbocycles. The van der Waals surface area contributed by atoms with Crippen molar-refractivity contribution in [2.24, 2.45) is 0 Å². The first-order chi connectivity index (χ1) is 24.3. The molecule has 230 valence electrons. The molecule has 0 unspecified atom stereocenters. The fourth-order valence-corrected chi connectivity index (χ4v) is 9.76. The van der Waals surface area contributed by atoms with Crippen molar-refractivity contribution < 1.29 is 0 Å². The number of nitrogens with zero attached hydrogens (tertiary/aromatic N) is 1. The minimum Gasteiger partial charge on any atom is -0.310 e. The van der Waals surface area contributed by atoms with Gasteiger partial charge in [0.05, 0.1) is 5.69 Å². The largest absolute Gasteiger partial charge is 0.310 e. The van der Waals surface area contributed by atoms with Gasteiger partial charge in [-0.25, -0.2) is 0 Å². The first kappa shape index (κ1) is 28.3. The van der Waals surface area contributed by atoms with E-state index in [1.807, 2.05) is 22.7 Å². The van der Waals surface area contributed by atoms with E-state index in [2.05, 4.69) is 181 Å². The Morgan fingerprint density at radius 3 is 1.88 bits per heavy atom. The minimum atomic E-state index is 1.12. The van der Waals surface area contributed by atoms with Gasteiger partial charge in [0.1, 0.15) is 0 Å². The van der Waals surface area contributed by atoms with Crippen molar-refractivity contribution in [1.82, 2.24) is 0 Å². The first-order valence-electron chi connectivity index (χ1n) is 16.6. The van der Waals surface area contributed by atoms with Crippen LogP contribution in [0.5, 0.6) is 0 Å². The quantitative estimate of drug-likeness (QED) is 0.178. The molecular formula is C46H29NS2.